The van der Waals surface area contributed by atoms with Gasteiger partial charge in [0.2, 0.25) is 0 Å². The number of rotatable bonds is 2. The third-order valence-electron chi connectivity index (χ3n) is 3.50. The molecule has 0 aliphatic heterocycles. The lowest BCUT2D eigenvalue weighted by Gasteiger charge is -2.25. The Morgan fingerprint density at radius 1 is 1.24 bits per heavy atom. The second-order valence-corrected chi connectivity index (χ2v) is 4.74. The van der Waals surface area contributed by atoms with Gasteiger partial charge in [-0.05, 0) is 31.9 Å². The molecule has 1 aromatic heterocycles. The van der Waals surface area contributed by atoms with Gasteiger partial charge in [-0.2, -0.15) is 0 Å². The third kappa shape index (κ3) is 1.69. The maximum absolute atomic E-state index is 5.92. The van der Waals surface area contributed by atoms with E-state index >= 15 is 0 Å². The summed E-state index contributed by atoms with van der Waals surface area (Å²) in [5.41, 5.74) is 9.29. The molecule has 2 N–H and O–H groups in total. The molecule has 3 rings (SSSR count). The SMILES string of the molecule is Cc1ccc(-n2nnc(N)c2C2CCC2)cc1. The normalized spacial score (nSPS) is 15.8. The number of nitrogens with zero attached hydrogens (tertiary/aromatic N) is 3. The van der Waals surface area contributed by atoms with Gasteiger partial charge >= 0.3 is 0 Å². The molecule has 1 aliphatic rings. The molecule has 0 radical (unpaired) electrons. The number of nitrogens with two attached hydrogens (primary N) is 1. The van der Waals surface area contributed by atoms with Gasteiger partial charge in [0.05, 0.1) is 11.4 Å². The van der Waals surface area contributed by atoms with Gasteiger partial charge in [0.15, 0.2) is 5.82 Å². The van der Waals surface area contributed by atoms with E-state index in [1.807, 2.05) is 4.68 Å². The second kappa shape index (κ2) is 3.87. The summed E-state index contributed by atoms with van der Waals surface area (Å²) in [4.78, 5) is 0. The highest BCUT2D eigenvalue weighted by atomic mass is 15.4. The number of benzene rings is 1. The van der Waals surface area contributed by atoms with E-state index in [2.05, 4.69) is 41.5 Å². The lowest BCUT2D eigenvalue weighted by molar-refractivity contribution is 0.404. The van der Waals surface area contributed by atoms with Crippen LogP contribution in [0.5, 0.6) is 0 Å². The molecule has 4 nitrogen and oxygen atoms in total. The van der Waals surface area contributed by atoms with E-state index in [1.54, 1.807) is 0 Å². The molecule has 0 atom stereocenters. The van der Waals surface area contributed by atoms with Crippen LogP contribution in [0.25, 0.3) is 5.69 Å². The first-order chi connectivity index (χ1) is 8.25. The van der Waals surface area contributed by atoms with Crippen molar-refractivity contribution in [1.82, 2.24) is 15.0 Å². The summed E-state index contributed by atoms with van der Waals surface area (Å²) in [6.07, 6.45) is 3.68. The minimum atomic E-state index is 0.534. The van der Waals surface area contributed by atoms with Crippen molar-refractivity contribution in [2.45, 2.75) is 32.1 Å². The fourth-order valence-electron chi connectivity index (χ4n) is 2.24. The molecule has 1 heterocycles. The first-order valence-electron chi connectivity index (χ1n) is 6.04. The highest BCUT2D eigenvalue weighted by Gasteiger charge is 2.27. The molecule has 0 unspecified atom stereocenters. The molecule has 1 fully saturated rings. The van der Waals surface area contributed by atoms with Crippen molar-refractivity contribution in [3.63, 3.8) is 0 Å². The number of hydrogen-bond donors (Lipinski definition) is 1. The van der Waals surface area contributed by atoms with Crippen molar-refractivity contribution in [2.75, 3.05) is 5.73 Å². The Kier molecular flexibility index (Phi) is 2.35. The fourth-order valence-corrected chi connectivity index (χ4v) is 2.24. The molecular weight excluding hydrogens is 212 g/mol. The Morgan fingerprint density at radius 2 is 1.94 bits per heavy atom. The van der Waals surface area contributed by atoms with Crippen LogP contribution < -0.4 is 5.73 Å². The molecule has 1 saturated carbocycles. The van der Waals surface area contributed by atoms with E-state index in [0.29, 0.717) is 11.7 Å². The summed E-state index contributed by atoms with van der Waals surface area (Å²) in [6.45, 7) is 2.08. The molecule has 0 spiro atoms. The summed E-state index contributed by atoms with van der Waals surface area (Å²) in [7, 11) is 0. The Hall–Kier alpha value is -1.84. The highest BCUT2D eigenvalue weighted by molar-refractivity contribution is 5.44. The van der Waals surface area contributed by atoms with Crippen LogP contribution in [0.2, 0.25) is 0 Å². The van der Waals surface area contributed by atoms with E-state index < -0.39 is 0 Å². The van der Waals surface area contributed by atoms with Crippen molar-refractivity contribution in [3.05, 3.63) is 35.5 Å². The number of hydrogen-bond acceptors (Lipinski definition) is 3. The zero-order valence-electron chi connectivity index (χ0n) is 9.93. The zero-order valence-corrected chi connectivity index (χ0v) is 9.93. The van der Waals surface area contributed by atoms with Crippen molar-refractivity contribution in [2.24, 2.45) is 0 Å². The second-order valence-electron chi connectivity index (χ2n) is 4.74. The molecule has 4 heteroatoms. The van der Waals surface area contributed by atoms with Gasteiger partial charge in [0, 0.05) is 5.92 Å². The molecule has 2 aromatic rings. The van der Waals surface area contributed by atoms with E-state index in [0.717, 1.165) is 11.4 Å². The topological polar surface area (TPSA) is 56.7 Å². The zero-order chi connectivity index (χ0) is 11.8. The van der Waals surface area contributed by atoms with Crippen molar-refractivity contribution >= 4 is 5.82 Å². The van der Waals surface area contributed by atoms with Crippen LogP contribution >= 0.6 is 0 Å². The molecule has 0 amide bonds. The number of anilines is 1. The molecule has 0 saturated heterocycles. The first-order valence-corrected chi connectivity index (χ1v) is 6.04. The fraction of sp³-hybridized carbons (Fsp3) is 0.385. The smallest absolute Gasteiger partial charge is 0.169 e. The van der Waals surface area contributed by atoms with Crippen molar-refractivity contribution in [3.8, 4) is 5.69 Å². The Labute approximate surface area is 100 Å². The average Bonchev–Trinajstić information content (AvgIpc) is 2.61. The molecule has 0 bridgehead atoms. The van der Waals surface area contributed by atoms with Gasteiger partial charge in [-0.1, -0.05) is 29.3 Å². The van der Waals surface area contributed by atoms with Crippen LogP contribution in [0.4, 0.5) is 5.82 Å². The van der Waals surface area contributed by atoms with Crippen LogP contribution in [0.1, 0.15) is 36.4 Å². The summed E-state index contributed by atoms with van der Waals surface area (Å²) in [5, 5.41) is 8.17. The lowest BCUT2D eigenvalue weighted by atomic mass is 9.82. The molecule has 1 aliphatic carbocycles. The van der Waals surface area contributed by atoms with Crippen LogP contribution in [0, 0.1) is 6.92 Å². The van der Waals surface area contributed by atoms with Crippen LogP contribution in [-0.2, 0) is 0 Å². The number of aromatic nitrogens is 3. The van der Waals surface area contributed by atoms with Crippen molar-refractivity contribution < 1.29 is 0 Å². The predicted molar refractivity (Wildman–Crippen MR) is 67.1 cm³/mol. The third-order valence-corrected chi connectivity index (χ3v) is 3.50. The van der Waals surface area contributed by atoms with Gasteiger partial charge in [0.25, 0.3) is 0 Å². The Bertz CT molecular complexity index is 523. The molecular formula is C13H16N4. The van der Waals surface area contributed by atoms with Crippen molar-refractivity contribution in [1.29, 1.82) is 0 Å². The maximum Gasteiger partial charge on any atom is 0.169 e. The van der Waals surface area contributed by atoms with Crippen LogP contribution in [-0.4, -0.2) is 15.0 Å². The number of aryl methyl sites for hydroxylation is 1. The lowest BCUT2D eigenvalue weighted by Crippen LogP contribution is -2.15. The molecule has 1 aromatic carbocycles. The summed E-state index contributed by atoms with van der Waals surface area (Å²) >= 11 is 0. The monoisotopic (exact) mass is 228 g/mol. The van der Waals surface area contributed by atoms with Gasteiger partial charge in [-0.3, -0.25) is 0 Å². The van der Waals surface area contributed by atoms with Gasteiger partial charge in [-0.25, -0.2) is 4.68 Å². The minimum Gasteiger partial charge on any atom is -0.381 e. The Balaban J connectivity index is 2.05. The molecule has 88 valence electrons. The number of nitrogen functional groups attached to an aromatic ring is 1. The average molecular weight is 228 g/mol. The Morgan fingerprint density at radius 3 is 2.53 bits per heavy atom. The van der Waals surface area contributed by atoms with Crippen LogP contribution in [0.15, 0.2) is 24.3 Å². The minimum absolute atomic E-state index is 0.534. The quantitative estimate of drug-likeness (QED) is 0.858. The van der Waals surface area contributed by atoms with Crippen LogP contribution in [0.3, 0.4) is 0 Å². The van der Waals surface area contributed by atoms with Gasteiger partial charge in [0.1, 0.15) is 0 Å². The highest BCUT2D eigenvalue weighted by Crippen LogP contribution is 2.39. The predicted octanol–water partition coefficient (Wildman–Crippen LogP) is 2.43. The molecule has 17 heavy (non-hydrogen) atoms. The first kappa shape index (κ1) is 10.3. The standard InChI is InChI=1S/C13H16N4/c1-9-5-7-11(8-6-9)17-12(10-3-2-4-10)13(14)15-16-17/h5-8,10H,2-4,14H2,1H3. The van der Waals surface area contributed by atoms with E-state index in [4.69, 9.17) is 5.73 Å². The van der Waals surface area contributed by atoms with E-state index in [1.165, 1.54) is 24.8 Å². The van der Waals surface area contributed by atoms with Gasteiger partial charge < -0.3 is 5.73 Å². The summed E-state index contributed by atoms with van der Waals surface area (Å²) < 4.78 is 1.89. The largest absolute Gasteiger partial charge is 0.381 e. The van der Waals surface area contributed by atoms with E-state index in [9.17, 15) is 0 Å². The summed E-state index contributed by atoms with van der Waals surface area (Å²) in [6, 6.07) is 8.28. The summed E-state index contributed by atoms with van der Waals surface area (Å²) in [5.74, 6) is 1.11. The van der Waals surface area contributed by atoms with E-state index in [-0.39, 0.29) is 0 Å². The van der Waals surface area contributed by atoms with Gasteiger partial charge in [-0.15, -0.1) is 5.10 Å². The maximum atomic E-state index is 5.92.